The van der Waals surface area contributed by atoms with Gasteiger partial charge in [-0.15, -0.1) is 11.3 Å². The molecule has 2 aromatic carbocycles. The maximum absolute atomic E-state index is 13.2. The minimum atomic E-state index is -0.209. The lowest BCUT2D eigenvalue weighted by Crippen LogP contribution is -2.40. The number of thiazole rings is 1. The van der Waals surface area contributed by atoms with Crippen LogP contribution in [0.15, 0.2) is 48.5 Å². The van der Waals surface area contributed by atoms with E-state index in [-0.39, 0.29) is 17.8 Å². The van der Waals surface area contributed by atoms with Gasteiger partial charge in [0, 0.05) is 19.0 Å². The Morgan fingerprint density at radius 3 is 2.79 bits per heavy atom. The SMILES string of the molecule is O=C(CN[C@@H]1CCC[C@@H]1c1ccc(F)cc1)NCCc1nc2ccccc2s1. The van der Waals surface area contributed by atoms with Crippen molar-refractivity contribution in [2.75, 3.05) is 13.1 Å². The molecule has 2 N–H and O–H groups in total. The van der Waals surface area contributed by atoms with Crippen LogP contribution in [0.5, 0.6) is 0 Å². The number of amides is 1. The van der Waals surface area contributed by atoms with Gasteiger partial charge in [-0.25, -0.2) is 9.37 Å². The molecule has 1 aromatic heterocycles. The molecule has 1 saturated carbocycles. The molecule has 146 valence electrons. The number of hydrogen-bond acceptors (Lipinski definition) is 4. The van der Waals surface area contributed by atoms with Gasteiger partial charge in [0.05, 0.1) is 21.8 Å². The maximum Gasteiger partial charge on any atom is 0.233 e. The van der Waals surface area contributed by atoms with Gasteiger partial charge in [0.1, 0.15) is 5.82 Å². The molecule has 0 spiro atoms. The highest BCUT2D eigenvalue weighted by Gasteiger charge is 2.28. The van der Waals surface area contributed by atoms with E-state index in [4.69, 9.17) is 0 Å². The number of para-hydroxylation sites is 1. The summed E-state index contributed by atoms with van der Waals surface area (Å²) < 4.78 is 14.3. The van der Waals surface area contributed by atoms with Crippen LogP contribution in [0, 0.1) is 5.82 Å². The van der Waals surface area contributed by atoms with Crippen LogP contribution in [0.25, 0.3) is 10.2 Å². The molecule has 0 aliphatic heterocycles. The standard InChI is InChI=1S/C22H24FN3OS/c23-16-10-8-15(9-11-16)17-4-3-6-18(17)25-14-21(27)24-13-12-22-26-19-5-1-2-7-20(19)28-22/h1-2,5,7-11,17-18,25H,3-4,6,12-14H2,(H,24,27)/t17-,18-/m1/s1. The van der Waals surface area contributed by atoms with Crippen molar-refractivity contribution < 1.29 is 9.18 Å². The number of rotatable bonds is 7. The van der Waals surface area contributed by atoms with Gasteiger partial charge in [-0.3, -0.25) is 4.79 Å². The summed E-state index contributed by atoms with van der Waals surface area (Å²) in [6, 6.07) is 15.1. The molecule has 0 saturated heterocycles. The molecule has 4 nitrogen and oxygen atoms in total. The third-order valence-corrected chi connectivity index (χ3v) is 6.43. The van der Waals surface area contributed by atoms with Gasteiger partial charge in [-0.05, 0) is 48.6 Å². The first kappa shape index (κ1) is 19.0. The van der Waals surface area contributed by atoms with E-state index >= 15 is 0 Å². The minimum Gasteiger partial charge on any atom is -0.355 e. The molecule has 0 unspecified atom stereocenters. The molecule has 1 aliphatic rings. The van der Waals surface area contributed by atoms with Gasteiger partial charge in [-0.2, -0.15) is 0 Å². The van der Waals surface area contributed by atoms with Gasteiger partial charge in [0.25, 0.3) is 0 Å². The molecule has 1 amide bonds. The number of carbonyl (C=O) groups excluding carboxylic acids is 1. The highest BCUT2D eigenvalue weighted by Crippen LogP contribution is 2.34. The van der Waals surface area contributed by atoms with Crippen LogP contribution in [0.3, 0.4) is 0 Å². The smallest absolute Gasteiger partial charge is 0.233 e. The number of nitrogens with one attached hydrogen (secondary N) is 2. The fourth-order valence-electron chi connectivity index (χ4n) is 3.94. The second-order valence-corrected chi connectivity index (χ2v) is 8.37. The second kappa shape index (κ2) is 8.80. The third-order valence-electron chi connectivity index (χ3n) is 5.34. The van der Waals surface area contributed by atoms with Crippen molar-refractivity contribution in [1.29, 1.82) is 0 Å². The molecule has 4 rings (SSSR count). The average Bonchev–Trinajstić information content (AvgIpc) is 3.33. The predicted molar refractivity (Wildman–Crippen MR) is 111 cm³/mol. The molecule has 0 bridgehead atoms. The molecule has 0 radical (unpaired) electrons. The Kier molecular flexibility index (Phi) is 5.98. The van der Waals surface area contributed by atoms with Crippen molar-refractivity contribution in [3.63, 3.8) is 0 Å². The number of carbonyl (C=O) groups is 1. The van der Waals surface area contributed by atoms with E-state index in [0.717, 1.165) is 41.8 Å². The number of fused-ring (bicyclic) bond motifs is 1. The molecule has 1 fully saturated rings. The lowest BCUT2D eigenvalue weighted by atomic mass is 9.94. The second-order valence-electron chi connectivity index (χ2n) is 7.25. The number of hydrogen-bond donors (Lipinski definition) is 2. The molecular weight excluding hydrogens is 373 g/mol. The number of halogens is 1. The summed E-state index contributed by atoms with van der Waals surface area (Å²) in [6.45, 7) is 0.897. The molecule has 3 aromatic rings. The Morgan fingerprint density at radius 1 is 1.14 bits per heavy atom. The Labute approximate surface area is 168 Å². The highest BCUT2D eigenvalue weighted by atomic mass is 32.1. The van der Waals surface area contributed by atoms with Crippen LogP contribution >= 0.6 is 11.3 Å². The van der Waals surface area contributed by atoms with Crippen molar-refractivity contribution in [3.05, 3.63) is 64.9 Å². The first-order valence-corrected chi connectivity index (χ1v) is 10.6. The average molecular weight is 398 g/mol. The highest BCUT2D eigenvalue weighted by molar-refractivity contribution is 7.18. The summed E-state index contributed by atoms with van der Waals surface area (Å²) in [6.07, 6.45) is 3.98. The molecule has 1 heterocycles. The fourth-order valence-corrected chi connectivity index (χ4v) is 4.90. The van der Waals surface area contributed by atoms with Crippen molar-refractivity contribution in [1.82, 2.24) is 15.6 Å². The van der Waals surface area contributed by atoms with Crippen LogP contribution in [-0.4, -0.2) is 30.0 Å². The van der Waals surface area contributed by atoms with E-state index in [1.807, 2.05) is 30.3 Å². The van der Waals surface area contributed by atoms with E-state index in [2.05, 4.69) is 21.7 Å². The topological polar surface area (TPSA) is 54.0 Å². The molecular formula is C22H24FN3OS. The number of aromatic nitrogens is 1. The van der Waals surface area contributed by atoms with E-state index in [0.29, 0.717) is 19.0 Å². The Morgan fingerprint density at radius 2 is 1.96 bits per heavy atom. The van der Waals surface area contributed by atoms with Gasteiger partial charge < -0.3 is 10.6 Å². The molecule has 1 aliphatic carbocycles. The summed E-state index contributed by atoms with van der Waals surface area (Å²) in [4.78, 5) is 16.8. The van der Waals surface area contributed by atoms with Gasteiger partial charge >= 0.3 is 0 Å². The van der Waals surface area contributed by atoms with Gasteiger partial charge in [0.2, 0.25) is 5.91 Å². The van der Waals surface area contributed by atoms with Crippen LogP contribution in [-0.2, 0) is 11.2 Å². The van der Waals surface area contributed by atoms with Crippen LogP contribution in [0.1, 0.15) is 35.8 Å². The summed E-state index contributed by atoms with van der Waals surface area (Å²) in [5, 5.41) is 7.42. The monoisotopic (exact) mass is 397 g/mol. The summed E-state index contributed by atoms with van der Waals surface area (Å²) in [7, 11) is 0. The molecule has 28 heavy (non-hydrogen) atoms. The summed E-state index contributed by atoms with van der Waals surface area (Å²) >= 11 is 1.68. The van der Waals surface area contributed by atoms with E-state index < -0.39 is 0 Å². The van der Waals surface area contributed by atoms with Crippen LogP contribution in [0.4, 0.5) is 4.39 Å². The normalized spacial score (nSPS) is 19.2. The summed E-state index contributed by atoms with van der Waals surface area (Å²) in [5.74, 6) is 0.140. The predicted octanol–water partition coefficient (Wildman–Crippen LogP) is 4.02. The zero-order valence-electron chi connectivity index (χ0n) is 15.7. The molecule has 2 atom stereocenters. The lowest BCUT2D eigenvalue weighted by Gasteiger charge is -2.21. The fraction of sp³-hybridized carbons (Fsp3) is 0.364. The molecule has 6 heteroatoms. The van der Waals surface area contributed by atoms with Crippen LogP contribution < -0.4 is 10.6 Å². The number of benzene rings is 2. The van der Waals surface area contributed by atoms with Crippen molar-refractivity contribution in [2.24, 2.45) is 0 Å². The first-order chi connectivity index (χ1) is 13.7. The maximum atomic E-state index is 13.2. The van der Waals surface area contributed by atoms with E-state index in [9.17, 15) is 9.18 Å². The number of nitrogens with zero attached hydrogens (tertiary/aromatic N) is 1. The van der Waals surface area contributed by atoms with E-state index in [1.54, 1.807) is 11.3 Å². The van der Waals surface area contributed by atoms with Crippen molar-refractivity contribution >= 4 is 27.5 Å². The van der Waals surface area contributed by atoms with Crippen molar-refractivity contribution in [3.8, 4) is 0 Å². The van der Waals surface area contributed by atoms with Crippen molar-refractivity contribution in [2.45, 2.75) is 37.6 Å². The zero-order valence-corrected chi connectivity index (χ0v) is 16.5. The largest absolute Gasteiger partial charge is 0.355 e. The summed E-state index contributed by atoms with van der Waals surface area (Å²) in [5.41, 5.74) is 2.16. The Bertz CT molecular complexity index is 907. The minimum absolute atomic E-state index is 0.00543. The van der Waals surface area contributed by atoms with Gasteiger partial charge in [0.15, 0.2) is 0 Å². The van der Waals surface area contributed by atoms with E-state index in [1.165, 1.54) is 16.8 Å². The van der Waals surface area contributed by atoms with Gasteiger partial charge in [-0.1, -0.05) is 30.7 Å². The quantitative estimate of drug-likeness (QED) is 0.633. The first-order valence-electron chi connectivity index (χ1n) is 9.79. The third kappa shape index (κ3) is 4.56. The lowest BCUT2D eigenvalue weighted by molar-refractivity contribution is -0.120. The van der Waals surface area contributed by atoms with Crippen LogP contribution in [0.2, 0.25) is 0 Å². The zero-order chi connectivity index (χ0) is 19.3. The Hall–Kier alpha value is -2.31. The Balaban J connectivity index is 1.23.